The molecule has 0 spiro atoms. The van der Waals surface area contributed by atoms with Crippen molar-refractivity contribution in [2.45, 2.75) is 18.9 Å². The Bertz CT molecular complexity index is 372. The fourth-order valence-electron chi connectivity index (χ4n) is 1.64. The molecule has 0 unspecified atom stereocenters. The maximum absolute atomic E-state index is 13.3. The van der Waals surface area contributed by atoms with Crippen molar-refractivity contribution in [1.29, 1.82) is 0 Å². The van der Waals surface area contributed by atoms with Crippen LogP contribution in [0.3, 0.4) is 0 Å². The molecule has 0 aliphatic carbocycles. The van der Waals surface area contributed by atoms with Crippen LogP contribution in [0.4, 0.5) is 4.39 Å². The Balaban J connectivity index is 2.00. The van der Waals surface area contributed by atoms with Crippen molar-refractivity contribution in [3.8, 4) is 0 Å². The van der Waals surface area contributed by atoms with E-state index in [0.29, 0.717) is 26.1 Å². The van der Waals surface area contributed by atoms with Gasteiger partial charge < -0.3 is 9.47 Å². The molecule has 0 amide bonds. The van der Waals surface area contributed by atoms with Gasteiger partial charge in [0.05, 0.1) is 18.8 Å². The minimum Gasteiger partial charge on any atom is -0.459 e. The first-order valence-corrected chi connectivity index (χ1v) is 5.30. The lowest BCUT2D eigenvalue weighted by atomic mass is 10.1. The van der Waals surface area contributed by atoms with Crippen LogP contribution >= 0.6 is 0 Å². The number of esters is 1. The van der Waals surface area contributed by atoms with E-state index in [0.717, 1.165) is 0 Å². The van der Waals surface area contributed by atoms with Crippen molar-refractivity contribution in [2.24, 2.45) is 0 Å². The van der Waals surface area contributed by atoms with Crippen molar-refractivity contribution in [3.05, 3.63) is 35.6 Å². The monoisotopic (exact) mass is 224 g/mol. The number of carbonyl (C=O) groups is 1. The average Bonchev–Trinajstić information content (AvgIpc) is 2.31. The molecule has 0 radical (unpaired) electrons. The SMILES string of the molecule is O=C(OC1CCOCC1)c1ccccc1F. The maximum atomic E-state index is 13.3. The standard InChI is InChI=1S/C12H13FO3/c13-11-4-2-1-3-10(11)12(14)16-9-5-7-15-8-6-9/h1-4,9H,5-8H2. The van der Waals surface area contributed by atoms with Gasteiger partial charge >= 0.3 is 5.97 Å². The van der Waals surface area contributed by atoms with Crippen LogP contribution in [-0.2, 0) is 9.47 Å². The van der Waals surface area contributed by atoms with Gasteiger partial charge in [-0.2, -0.15) is 0 Å². The third-order valence-corrected chi connectivity index (χ3v) is 2.54. The quantitative estimate of drug-likeness (QED) is 0.722. The molecule has 1 saturated heterocycles. The van der Waals surface area contributed by atoms with Crippen LogP contribution in [0.1, 0.15) is 23.2 Å². The molecular weight excluding hydrogens is 211 g/mol. The first-order chi connectivity index (χ1) is 7.77. The molecule has 1 fully saturated rings. The number of halogens is 1. The second kappa shape index (κ2) is 5.07. The molecule has 1 aromatic carbocycles. The molecule has 4 heteroatoms. The molecule has 1 heterocycles. The van der Waals surface area contributed by atoms with E-state index in [1.807, 2.05) is 0 Å². The summed E-state index contributed by atoms with van der Waals surface area (Å²) in [7, 11) is 0. The largest absolute Gasteiger partial charge is 0.459 e. The van der Waals surface area contributed by atoms with Crippen LogP contribution in [0.25, 0.3) is 0 Å². The van der Waals surface area contributed by atoms with Crippen LogP contribution in [0, 0.1) is 5.82 Å². The molecule has 0 aromatic heterocycles. The van der Waals surface area contributed by atoms with E-state index in [9.17, 15) is 9.18 Å². The smallest absolute Gasteiger partial charge is 0.341 e. The van der Waals surface area contributed by atoms with Gasteiger partial charge in [0.2, 0.25) is 0 Å². The number of benzene rings is 1. The number of hydrogen-bond donors (Lipinski definition) is 0. The summed E-state index contributed by atoms with van der Waals surface area (Å²) in [6, 6.07) is 5.84. The van der Waals surface area contributed by atoms with E-state index >= 15 is 0 Å². The van der Waals surface area contributed by atoms with Gasteiger partial charge in [0, 0.05) is 12.8 Å². The summed E-state index contributed by atoms with van der Waals surface area (Å²) < 4.78 is 23.6. The van der Waals surface area contributed by atoms with Gasteiger partial charge in [-0.25, -0.2) is 9.18 Å². The van der Waals surface area contributed by atoms with Gasteiger partial charge in [0.15, 0.2) is 0 Å². The van der Waals surface area contributed by atoms with Crippen molar-refractivity contribution in [2.75, 3.05) is 13.2 Å². The Morgan fingerprint density at radius 2 is 2.00 bits per heavy atom. The van der Waals surface area contributed by atoms with Gasteiger partial charge in [-0.15, -0.1) is 0 Å². The highest BCUT2D eigenvalue weighted by molar-refractivity contribution is 5.89. The predicted octanol–water partition coefficient (Wildman–Crippen LogP) is 2.16. The van der Waals surface area contributed by atoms with E-state index in [-0.39, 0.29) is 11.7 Å². The third kappa shape index (κ3) is 2.58. The summed E-state index contributed by atoms with van der Waals surface area (Å²) >= 11 is 0. The fourth-order valence-corrected chi connectivity index (χ4v) is 1.64. The summed E-state index contributed by atoms with van der Waals surface area (Å²) in [5, 5.41) is 0. The lowest BCUT2D eigenvalue weighted by Crippen LogP contribution is -2.26. The first-order valence-electron chi connectivity index (χ1n) is 5.30. The second-order valence-electron chi connectivity index (χ2n) is 3.70. The van der Waals surface area contributed by atoms with Crippen LogP contribution in [0.2, 0.25) is 0 Å². The first kappa shape index (κ1) is 11.1. The van der Waals surface area contributed by atoms with Gasteiger partial charge in [-0.05, 0) is 12.1 Å². The van der Waals surface area contributed by atoms with Crippen molar-refractivity contribution in [1.82, 2.24) is 0 Å². The molecule has 1 aliphatic rings. The molecule has 1 aliphatic heterocycles. The number of rotatable bonds is 2. The summed E-state index contributed by atoms with van der Waals surface area (Å²) in [5.41, 5.74) is -0.00556. The van der Waals surface area contributed by atoms with Crippen LogP contribution in [0.15, 0.2) is 24.3 Å². The zero-order chi connectivity index (χ0) is 11.4. The summed E-state index contributed by atoms with van der Waals surface area (Å²) in [6.45, 7) is 1.18. The van der Waals surface area contributed by atoms with Crippen LogP contribution in [0.5, 0.6) is 0 Å². The third-order valence-electron chi connectivity index (χ3n) is 2.54. The number of carbonyl (C=O) groups excluding carboxylic acids is 1. The van der Waals surface area contributed by atoms with Gasteiger partial charge in [0.1, 0.15) is 11.9 Å². The van der Waals surface area contributed by atoms with Gasteiger partial charge in [0.25, 0.3) is 0 Å². The highest BCUT2D eigenvalue weighted by Crippen LogP contribution is 2.15. The molecule has 0 N–H and O–H groups in total. The Hall–Kier alpha value is -1.42. The van der Waals surface area contributed by atoms with E-state index in [4.69, 9.17) is 9.47 Å². The minimum absolute atomic E-state index is 0.00556. The van der Waals surface area contributed by atoms with E-state index in [1.165, 1.54) is 12.1 Å². The van der Waals surface area contributed by atoms with Crippen molar-refractivity contribution < 1.29 is 18.7 Å². The molecule has 3 nitrogen and oxygen atoms in total. The van der Waals surface area contributed by atoms with Crippen molar-refractivity contribution >= 4 is 5.97 Å². The molecule has 2 rings (SSSR count). The average molecular weight is 224 g/mol. The van der Waals surface area contributed by atoms with Gasteiger partial charge in [-0.3, -0.25) is 0 Å². The molecule has 0 bridgehead atoms. The highest BCUT2D eigenvalue weighted by atomic mass is 19.1. The van der Waals surface area contributed by atoms with Gasteiger partial charge in [-0.1, -0.05) is 12.1 Å². The number of ether oxygens (including phenoxy) is 2. The fraction of sp³-hybridized carbons (Fsp3) is 0.417. The predicted molar refractivity (Wildman–Crippen MR) is 55.7 cm³/mol. The van der Waals surface area contributed by atoms with E-state index < -0.39 is 11.8 Å². The normalized spacial score (nSPS) is 17.1. The maximum Gasteiger partial charge on any atom is 0.341 e. The summed E-state index contributed by atoms with van der Waals surface area (Å²) in [5.74, 6) is -1.13. The molecular formula is C12H13FO3. The minimum atomic E-state index is -0.593. The number of hydrogen-bond acceptors (Lipinski definition) is 3. The van der Waals surface area contributed by atoms with Crippen molar-refractivity contribution in [3.63, 3.8) is 0 Å². The zero-order valence-corrected chi connectivity index (χ0v) is 8.82. The second-order valence-corrected chi connectivity index (χ2v) is 3.70. The Morgan fingerprint density at radius 1 is 1.31 bits per heavy atom. The molecule has 86 valence electrons. The summed E-state index contributed by atoms with van der Waals surface area (Å²) in [4.78, 5) is 11.6. The van der Waals surface area contributed by atoms with Crippen LogP contribution < -0.4 is 0 Å². The Morgan fingerprint density at radius 3 is 2.69 bits per heavy atom. The van der Waals surface area contributed by atoms with Crippen LogP contribution in [-0.4, -0.2) is 25.3 Å². The van der Waals surface area contributed by atoms with E-state index in [1.54, 1.807) is 12.1 Å². The zero-order valence-electron chi connectivity index (χ0n) is 8.82. The lowest BCUT2D eigenvalue weighted by molar-refractivity contribution is -0.0162. The summed E-state index contributed by atoms with van der Waals surface area (Å²) in [6.07, 6.45) is 1.21. The molecule has 1 aromatic rings. The molecule has 16 heavy (non-hydrogen) atoms. The lowest BCUT2D eigenvalue weighted by Gasteiger charge is -2.22. The Labute approximate surface area is 93.2 Å². The topological polar surface area (TPSA) is 35.5 Å². The Kier molecular flexibility index (Phi) is 3.51. The van der Waals surface area contributed by atoms with E-state index in [2.05, 4.69) is 0 Å². The highest BCUT2D eigenvalue weighted by Gasteiger charge is 2.20. The molecule has 0 atom stereocenters. The molecule has 0 saturated carbocycles.